The van der Waals surface area contributed by atoms with Crippen LogP contribution in [0.25, 0.3) is 11.3 Å². The molecule has 1 aromatic heterocycles. The largest absolute Gasteiger partial charge is 0.507 e. The van der Waals surface area contributed by atoms with Gasteiger partial charge in [-0.05, 0) is 26.2 Å². The molecule has 2 aromatic rings. The Kier molecular flexibility index (Phi) is 3.71. The molecule has 0 fully saturated rings. The fraction of sp³-hybridized carbons (Fsp3) is 0.231. The van der Waals surface area contributed by atoms with Gasteiger partial charge < -0.3 is 19.6 Å². The molecule has 0 saturated carbocycles. The highest BCUT2D eigenvalue weighted by atomic mass is 19.1. The first kappa shape index (κ1) is 14.0. The van der Waals surface area contributed by atoms with Crippen molar-refractivity contribution in [3.63, 3.8) is 0 Å². The summed E-state index contributed by atoms with van der Waals surface area (Å²) in [6.45, 7) is 0.330. The zero-order chi connectivity index (χ0) is 14.9. The standard InChI is InChI=1S/C13H13FN2O4/c1-16(2)6-7-3-8(14)4-9(12(7)17)11-5-10(13(18)19)15-20-11/h3-5,17H,6H2,1-2H3,(H,18,19). The number of aromatic carboxylic acids is 1. The van der Waals surface area contributed by atoms with Crippen LogP contribution in [0.5, 0.6) is 5.75 Å². The summed E-state index contributed by atoms with van der Waals surface area (Å²) in [5, 5.41) is 22.2. The van der Waals surface area contributed by atoms with Crippen LogP contribution in [0.2, 0.25) is 0 Å². The first-order chi connectivity index (χ1) is 9.38. The molecule has 0 unspecified atom stereocenters. The van der Waals surface area contributed by atoms with E-state index in [1.54, 1.807) is 19.0 Å². The SMILES string of the molecule is CN(C)Cc1cc(F)cc(-c2cc(C(=O)O)no2)c1O. The van der Waals surface area contributed by atoms with E-state index in [2.05, 4.69) is 5.16 Å². The second kappa shape index (κ2) is 5.30. The number of rotatable bonds is 4. The molecule has 0 bridgehead atoms. The minimum Gasteiger partial charge on any atom is -0.507 e. The van der Waals surface area contributed by atoms with Crippen molar-refractivity contribution < 1.29 is 23.9 Å². The van der Waals surface area contributed by atoms with E-state index in [0.717, 1.165) is 12.1 Å². The van der Waals surface area contributed by atoms with Crippen molar-refractivity contribution in [3.8, 4) is 17.1 Å². The maximum absolute atomic E-state index is 13.6. The lowest BCUT2D eigenvalue weighted by atomic mass is 10.1. The molecule has 2 N–H and O–H groups in total. The molecular formula is C13H13FN2O4. The first-order valence-corrected chi connectivity index (χ1v) is 5.75. The third kappa shape index (κ3) is 2.77. The van der Waals surface area contributed by atoms with Crippen molar-refractivity contribution in [2.24, 2.45) is 0 Å². The number of carboxylic acid groups (broad SMARTS) is 1. The number of carbonyl (C=O) groups is 1. The smallest absolute Gasteiger partial charge is 0.358 e. The van der Waals surface area contributed by atoms with Gasteiger partial charge in [0.2, 0.25) is 0 Å². The predicted octanol–water partition coefficient (Wildman–Crippen LogP) is 1.95. The highest BCUT2D eigenvalue weighted by molar-refractivity contribution is 5.86. The van der Waals surface area contributed by atoms with Crippen molar-refractivity contribution >= 4 is 5.97 Å². The van der Waals surface area contributed by atoms with Crippen molar-refractivity contribution in [2.75, 3.05) is 14.1 Å². The van der Waals surface area contributed by atoms with E-state index >= 15 is 0 Å². The number of benzene rings is 1. The Labute approximate surface area is 114 Å². The van der Waals surface area contributed by atoms with E-state index in [1.807, 2.05) is 0 Å². The molecule has 2 rings (SSSR count). The molecule has 0 aliphatic heterocycles. The van der Waals surface area contributed by atoms with Gasteiger partial charge in [0.25, 0.3) is 0 Å². The summed E-state index contributed by atoms with van der Waals surface area (Å²) in [7, 11) is 3.56. The fourth-order valence-electron chi connectivity index (χ4n) is 1.81. The van der Waals surface area contributed by atoms with Crippen LogP contribution < -0.4 is 0 Å². The van der Waals surface area contributed by atoms with Crippen LogP contribution in [-0.2, 0) is 6.54 Å². The average Bonchev–Trinajstić information content (AvgIpc) is 2.82. The third-order valence-corrected chi connectivity index (χ3v) is 2.63. The normalized spacial score (nSPS) is 11.0. The number of phenolic OH excluding ortho intramolecular Hbond substituents is 1. The third-order valence-electron chi connectivity index (χ3n) is 2.63. The van der Waals surface area contributed by atoms with E-state index in [1.165, 1.54) is 6.07 Å². The molecule has 0 saturated heterocycles. The lowest BCUT2D eigenvalue weighted by Crippen LogP contribution is -2.11. The average molecular weight is 280 g/mol. The molecule has 1 aromatic carbocycles. The van der Waals surface area contributed by atoms with Crippen molar-refractivity contribution in [2.45, 2.75) is 6.54 Å². The van der Waals surface area contributed by atoms with Crippen LogP contribution in [0.4, 0.5) is 4.39 Å². The molecule has 0 amide bonds. The molecule has 0 spiro atoms. The van der Waals surface area contributed by atoms with Crippen LogP contribution in [-0.4, -0.2) is 40.3 Å². The van der Waals surface area contributed by atoms with Gasteiger partial charge >= 0.3 is 5.97 Å². The highest BCUT2D eigenvalue weighted by Gasteiger charge is 2.18. The zero-order valence-electron chi connectivity index (χ0n) is 10.9. The summed E-state index contributed by atoms with van der Waals surface area (Å²) in [5.41, 5.74) is 0.137. The van der Waals surface area contributed by atoms with Crippen molar-refractivity contribution in [1.29, 1.82) is 0 Å². The van der Waals surface area contributed by atoms with Crippen LogP contribution in [0, 0.1) is 5.82 Å². The number of hydrogen-bond acceptors (Lipinski definition) is 5. The Bertz CT molecular complexity index is 652. The van der Waals surface area contributed by atoms with Crippen LogP contribution >= 0.6 is 0 Å². The van der Waals surface area contributed by atoms with E-state index in [9.17, 15) is 14.3 Å². The summed E-state index contributed by atoms with van der Waals surface area (Å²) >= 11 is 0. The summed E-state index contributed by atoms with van der Waals surface area (Å²) in [6, 6.07) is 3.42. The van der Waals surface area contributed by atoms with E-state index < -0.39 is 11.8 Å². The minimum absolute atomic E-state index is 0.000550. The number of nitrogens with zero attached hydrogens (tertiary/aromatic N) is 2. The van der Waals surface area contributed by atoms with E-state index in [0.29, 0.717) is 12.1 Å². The van der Waals surface area contributed by atoms with Gasteiger partial charge in [0.15, 0.2) is 11.5 Å². The predicted molar refractivity (Wildman–Crippen MR) is 67.9 cm³/mol. The second-order valence-electron chi connectivity index (χ2n) is 4.58. The molecule has 6 nitrogen and oxygen atoms in total. The number of aromatic nitrogens is 1. The van der Waals surface area contributed by atoms with E-state index in [4.69, 9.17) is 9.63 Å². The fourth-order valence-corrected chi connectivity index (χ4v) is 1.81. The first-order valence-electron chi connectivity index (χ1n) is 5.75. The Morgan fingerprint density at radius 1 is 1.40 bits per heavy atom. The number of phenols is 1. The van der Waals surface area contributed by atoms with Gasteiger partial charge in [-0.1, -0.05) is 5.16 Å². The maximum Gasteiger partial charge on any atom is 0.358 e. The molecule has 7 heteroatoms. The van der Waals surface area contributed by atoms with Gasteiger partial charge in [-0.15, -0.1) is 0 Å². The van der Waals surface area contributed by atoms with Gasteiger partial charge in [0, 0.05) is 18.2 Å². The van der Waals surface area contributed by atoms with Crippen LogP contribution in [0.1, 0.15) is 16.1 Å². The highest BCUT2D eigenvalue weighted by Crippen LogP contribution is 2.34. The molecule has 0 aliphatic carbocycles. The van der Waals surface area contributed by atoms with Gasteiger partial charge in [0.1, 0.15) is 11.6 Å². The monoisotopic (exact) mass is 280 g/mol. The molecule has 0 radical (unpaired) electrons. The molecular weight excluding hydrogens is 267 g/mol. The van der Waals surface area contributed by atoms with Gasteiger partial charge in [-0.2, -0.15) is 0 Å². The topological polar surface area (TPSA) is 86.8 Å². The molecule has 1 heterocycles. The Morgan fingerprint density at radius 2 is 2.10 bits per heavy atom. The molecule has 106 valence electrons. The van der Waals surface area contributed by atoms with Gasteiger partial charge in [-0.25, -0.2) is 9.18 Å². The summed E-state index contributed by atoms with van der Waals surface area (Å²) in [4.78, 5) is 12.5. The summed E-state index contributed by atoms with van der Waals surface area (Å²) in [6.07, 6.45) is 0. The summed E-state index contributed by atoms with van der Waals surface area (Å²) < 4.78 is 18.4. The van der Waals surface area contributed by atoms with Crippen LogP contribution in [0.15, 0.2) is 22.7 Å². The molecule has 0 atom stereocenters. The number of hydrogen-bond donors (Lipinski definition) is 2. The van der Waals surface area contributed by atoms with Gasteiger partial charge in [-0.3, -0.25) is 0 Å². The van der Waals surface area contributed by atoms with Crippen LogP contribution in [0.3, 0.4) is 0 Å². The van der Waals surface area contributed by atoms with E-state index in [-0.39, 0.29) is 22.8 Å². The Morgan fingerprint density at radius 3 is 2.65 bits per heavy atom. The Balaban J connectivity index is 2.49. The maximum atomic E-state index is 13.6. The lowest BCUT2D eigenvalue weighted by molar-refractivity contribution is 0.0686. The second-order valence-corrected chi connectivity index (χ2v) is 4.58. The van der Waals surface area contributed by atoms with Gasteiger partial charge in [0.05, 0.1) is 5.56 Å². The molecule has 0 aliphatic rings. The summed E-state index contributed by atoms with van der Waals surface area (Å²) in [5.74, 6) is -1.97. The Hall–Kier alpha value is -2.41. The number of aromatic hydroxyl groups is 1. The number of halogens is 1. The quantitative estimate of drug-likeness (QED) is 0.890. The lowest BCUT2D eigenvalue weighted by Gasteiger charge is -2.13. The molecule has 20 heavy (non-hydrogen) atoms. The minimum atomic E-state index is -1.26. The number of carboxylic acids is 1. The van der Waals surface area contributed by atoms with Crippen molar-refractivity contribution in [3.05, 3.63) is 35.3 Å². The zero-order valence-corrected chi connectivity index (χ0v) is 10.9. The van der Waals surface area contributed by atoms with Crippen molar-refractivity contribution in [1.82, 2.24) is 10.1 Å².